The third-order valence-corrected chi connectivity index (χ3v) is 4.04. The molecule has 25 heavy (non-hydrogen) atoms. The number of likely N-dealkylation sites (tertiary alicyclic amines) is 1. The monoisotopic (exact) mass is 338 g/mol. The highest BCUT2D eigenvalue weighted by Crippen LogP contribution is 2.19. The van der Waals surface area contributed by atoms with Crippen molar-refractivity contribution in [3.05, 3.63) is 59.7 Å². The number of hydrogen-bond donors (Lipinski definition) is 1. The molecule has 0 radical (unpaired) electrons. The van der Waals surface area contributed by atoms with Gasteiger partial charge in [-0.2, -0.15) is 0 Å². The lowest BCUT2D eigenvalue weighted by atomic mass is 10.1. The highest BCUT2D eigenvalue weighted by molar-refractivity contribution is 6.04. The highest BCUT2D eigenvalue weighted by Gasteiger charge is 2.28. The molecule has 1 heterocycles. The number of rotatable bonds is 5. The van der Waals surface area contributed by atoms with Gasteiger partial charge in [-0.1, -0.05) is 18.2 Å². The second-order valence-electron chi connectivity index (χ2n) is 5.76. The summed E-state index contributed by atoms with van der Waals surface area (Å²) in [7, 11) is 1.56. The van der Waals surface area contributed by atoms with Crippen molar-refractivity contribution < 1.29 is 19.1 Å². The van der Waals surface area contributed by atoms with Crippen molar-refractivity contribution in [3.63, 3.8) is 0 Å². The van der Waals surface area contributed by atoms with Crippen LogP contribution in [-0.2, 0) is 16.1 Å². The van der Waals surface area contributed by atoms with Gasteiger partial charge in [-0.15, -0.1) is 0 Å². The first-order valence-corrected chi connectivity index (χ1v) is 7.94. The van der Waals surface area contributed by atoms with Crippen molar-refractivity contribution in [2.24, 2.45) is 0 Å². The Bertz CT molecular complexity index is 798. The number of anilines is 1. The highest BCUT2D eigenvalue weighted by atomic mass is 16.5. The molecule has 6 heteroatoms. The molecular formula is C19H18N2O4. The van der Waals surface area contributed by atoms with E-state index in [-0.39, 0.29) is 37.1 Å². The van der Waals surface area contributed by atoms with Gasteiger partial charge in [0.05, 0.1) is 13.7 Å². The molecule has 3 amide bonds. The molecule has 0 spiro atoms. The van der Waals surface area contributed by atoms with E-state index in [0.717, 1.165) is 5.56 Å². The Labute approximate surface area is 145 Å². The van der Waals surface area contributed by atoms with E-state index in [1.54, 1.807) is 55.6 Å². The summed E-state index contributed by atoms with van der Waals surface area (Å²) in [5, 5.41) is 2.80. The summed E-state index contributed by atoms with van der Waals surface area (Å²) in [6.45, 7) is 0.245. The molecule has 0 bridgehead atoms. The molecule has 1 N–H and O–H groups in total. The minimum atomic E-state index is -0.242. The maximum Gasteiger partial charge on any atom is 0.255 e. The van der Waals surface area contributed by atoms with E-state index in [9.17, 15) is 14.4 Å². The van der Waals surface area contributed by atoms with E-state index in [4.69, 9.17) is 4.74 Å². The minimum Gasteiger partial charge on any atom is -0.497 e. The zero-order valence-electron chi connectivity index (χ0n) is 13.8. The number of nitrogens with one attached hydrogen (secondary N) is 1. The molecule has 0 unspecified atom stereocenters. The number of nitrogens with zero attached hydrogens (tertiary/aromatic N) is 1. The molecule has 0 aromatic heterocycles. The van der Waals surface area contributed by atoms with Gasteiger partial charge in [0.25, 0.3) is 5.91 Å². The zero-order chi connectivity index (χ0) is 17.8. The largest absolute Gasteiger partial charge is 0.497 e. The lowest BCUT2D eigenvalue weighted by molar-refractivity contribution is -0.139. The van der Waals surface area contributed by atoms with Crippen molar-refractivity contribution >= 4 is 23.4 Å². The van der Waals surface area contributed by atoms with Crippen LogP contribution in [0.5, 0.6) is 5.75 Å². The Morgan fingerprint density at radius 2 is 1.76 bits per heavy atom. The maximum atomic E-state index is 12.3. The van der Waals surface area contributed by atoms with Gasteiger partial charge in [0.1, 0.15) is 5.75 Å². The van der Waals surface area contributed by atoms with Crippen LogP contribution in [0.4, 0.5) is 5.69 Å². The molecule has 1 aliphatic heterocycles. The van der Waals surface area contributed by atoms with Gasteiger partial charge in [-0.3, -0.25) is 19.3 Å². The molecule has 6 nitrogen and oxygen atoms in total. The van der Waals surface area contributed by atoms with Gasteiger partial charge in [-0.25, -0.2) is 0 Å². The van der Waals surface area contributed by atoms with E-state index in [0.29, 0.717) is 17.0 Å². The second kappa shape index (κ2) is 7.17. The Morgan fingerprint density at radius 3 is 2.40 bits per heavy atom. The SMILES string of the molecule is COc1cccc(NC(=O)c2ccc(CN3C(=O)CCC3=O)cc2)c1. The predicted molar refractivity (Wildman–Crippen MR) is 92.2 cm³/mol. The van der Waals surface area contributed by atoms with E-state index in [1.165, 1.54) is 4.90 Å². The summed E-state index contributed by atoms with van der Waals surface area (Å²) >= 11 is 0. The van der Waals surface area contributed by atoms with Crippen LogP contribution in [-0.4, -0.2) is 29.7 Å². The second-order valence-corrected chi connectivity index (χ2v) is 5.76. The molecule has 0 saturated carbocycles. The lowest BCUT2D eigenvalue weighted by Gasteiger charge is -2.14. The van der Waals surface area contributed by atoms with Crippen molar-refractivity contribution in [3.8, 4) is 5.75 Å². The summed E-state index contributed by atoms with van der Waals surface area (Å²) in [5.41, 5.74) is 1.94. The van der Waals surface area contributed by atoms with Crippen LogP contribution < -0.4 is 10.1 Å². The van der Waals surface area contributed by atoms with Crippen LogP contribution in [0.15, 0.2) is 48.5 Å². The molecular weight excluding hydrogens is 320 g/mol. The average molecular weight is 338 g/mol. The summed E-state index contributed by atoms with van der Waals surface area (Å²) in [4.78, 5) is 36.9. The van der Waals surface area contributed by atoms with Crippen LogP contribution in [0.1, 0.15) is 28.8 Å². The zero-order valence-corrected chi connectivity index (χ0v) is 13.8. The Morgan fingerprint density at radius 1 is 1.08 bits per heavy atom. The fourth-order valence-corrected chi connectivity index (χ4v) is 2.65. The van der Waals surface area contributed by atoms with Crippen LogP contribution in [0.3, 0.4) is 0 Å². The first-order valence-electron chi connectivity index (χ1n) is 7.94. The van der Waals surface area contributed by atoms with Crippen LogP contribution in [0.2, 0.25) is 0 Å². The number of hydrogen-bond acceptors (Lipinski definition) is 4. The summed E-state index contributed by atoms with van der Waals surface area (Å²) in [5.74, 6) is 0.121. The number of methoxy groups -OCH3 is 1. The van der Waals surface area contributed by atoms with Crippen LogP contribution in [0, 0.1) is 0 Å². The molecule has 1 aliphatic rings. The Balaban J connectivity index is 1.66. The molecule has 0 atom stereocenters. The number of carbonyl (C=O) groups excluding carboxylic acids is 3. The molecule has 2 aromatic carbocycles. The van der Waals surface area contributed by atoms with Gasteiger partial charge >= 0.3 is 0 Å². The quantitative estimate of drug-likeness (QED) is 0.850. The minimum absolute atomic E-state index is 0.148. The van der Waals surface area contributed by atoms with E-state index >= 15 is 0 Å². The molecule has 3 rings (SSSR count). The standard InChI is InChI=1S/C19H18N2O4/c1-25-16-4-2-3-15(11-16)20-19(24)14-7-5-13(6-8-14)12-21-17(22)9-10-18(21)23/h2-8,11H,9-10,12H2,1H3,(H,20,24). The summed E-state index contributed by atoms with van der Waals surface area (Å²) in [6.07, 6.45) is 0.555. The van der Waals surface area contributed by atoms with Crippen molar-refractivity contribution in [1.29, 1.82) is 0 Å². The average Bonchev–Trinajstić information content (AvgIpc) is 2.94. The number of ether oxygens (including phenoxy) is 1. The fraction of sp³-hybridized carbons (Fsp3) is 0.211. The molecule has 1 saturated heterocycles. The van der Waals surface area contributed by atoms with Crippen molar-refractivity contribution in [2.75, 3.05) is 12.4 Å². The van der Waals surface area contributed by atoms with Crippen LogP contribution >= 0.6 is 0 Å². The number of carbonyl (C=O) groups is 3. The first kappa shape index (κ1) is 16.7. The van der Waals surface area contributed by atoms with Crippen molar-refractivity contribution in [2.45, 2.75) is 19.4 Å². The van der Waals surface area contributed by atoms with Gasteiger partial charge in [0, 0.05) is 30.2 Å². The summed E-state index contributed by atoms with van der Waals surface area (Å²) in [6, 6.07) is 14.0. The molecule has 0 aliphatic carbocycles. The van der Waals surface area contributed by atoms with Gasteiger partial charge in [-0.05, 0) is 29.8 Å². The molecule has 2 aromatic rings. The fourth-order valence-electron chi connectivity index (χ4n) is 2.65. The summed E-state index contributed by atoms with van der Waals surface area (Å²) < 4.78 is 5.13. The van der Waals surface area contributed by atoms with Gasteiger partial charge < -0.3 is 10.1 Å². The van der Waals surface area contributed by atoms with Crippen LogP contribution in [0.25, 0.3) is 0 Å². The topological polar surface area (TPSA) is 75.7 Å². The normalized spacial score (nSPS) is 13.9. The first-order chi connectivity index (χ1) is 12.1. The van der Waals surface area contributed by atoms with E-state index in [1.807, 2.05) is 0 Å². The maximum absolute atomic E-state index is 12.3. The molecule has 1 fully saturated rings. The van der Waals surface area contributed by atoms with Gasteiger partial charge in [0.2, 0.25) is 11.8 Å². The van der Waals surface area contributed by atoms with Gasteiger partial charge in [0.15, 0.2) is 0 Å². The van der Waals surface area contributed by atoms with E-state index < -0.39 is 0 Å². The molecule has 128 valence electrons. The third kappa shape index (κ3) is 3.85. The predicted octanol–water partition coefficient (Wildman–Crippen LogP) is 2.60. The number of amides is 3. The van der Waals surface area contributed by atoms with Crippen molar-refractivity contribution in [1.82, 2.24) is 4.90 Å². The third-order valence-electron chi connectivity index (χ3n) is 4.04. The lowest BCUT2D eigenvalue weighted by Crippen LogP contribution is -2.28. The Hall–Kier alpha value is -3.15. The number of benzene rings is 2. The number of imide groups is 1. The smallest absolute Gasteiger partial charge is 0.255 e. The van der Waals surface area contributed by atoms with E-state index in [2.05, 4.69) is 5.32 Å². The Kier molecular flexibility index (Phi) is 4.79.